The third-order valence-electron chi connectivity index (χ3n) is 6.32. The molecule has 0 aliphatic carbocycles. The number of amides is 1. The van der Waals surface area contributed by atoms with Crippen molar-refractivity contribution >= 4 is 48.8 Å². The molecule has 0 unspecified atom stereocenters. The van der Waals surface area contributed by atoms with Crippen LogP contribution in [0.1, 0.15) is 21.5 Å². The molecule has 4 rings (SSSR count). The van der Waals surface area contributed by atoms with Crippen LogP contribution in [0.25, 0.3) is 10.2 Å². The maximum Gasteiger partial charge on any atom is 0.280 e. The van der Waals surface area contributed by atoms with Gasteiger partial charge in [-0.1, -0.05) is 29.6 Å². The summed E-state index contributed by atoms with van der Waals surface area (Å²) in [6, 6.07) is 14.9. The van der Waals surface area contributed by atoms with E-state index < -0.39 is 15.9 Å². The Balaban J connectivity index is 1.75. The number of ether oxygens (including phenoxy) is 3. The number of sulfonamides is 1. The number of carbonyl (C=O) groups is 1. The first kappa shape index (κ1) is 31.4. The third kappa shape index (κ3) is 6.77. The molecule has 1 heterocycles. The van der Waals surface area contributed by atoms with Gasteiger partial charge in [0, 0.05) is 24.2 Å². The summed E-state index contributed by atoms with van der Waals surface area (Å²) in [6.07, 6.45) is 4.49. The van der Waals surface area contributed by atoms with E-state index >= 15 is 0 Å². The van der Waals surface area contributed by atoms with E-state index in [0.29, 0.717) is 27.9 Å². The summed E-state index contributed by atoms with van der Waals surface area (Å²) < 4.78 is 44.7. The standard InChI is InChI=1S/C31H32N4O6S2/c1-7-15-34(16-8-2)43(37,38)24-12-10-23(11-13-24)30(36)35(31-33-25-14-9-21(3)17-28(25)42-31)32-20-22-18-26(39-4)29(41-6)27(19-22)40-5/h7-14,17-20H,1-2,15-16H2,3-6H3/b32-20+. The number of fused-ring (bicyclic) bond motifs is 1. The van der Waals surface area contributed by atoms with Gasteiger partial charge < -0.3 is 14.2 Å². The van der Waals surface area contributed by atoms with Gasteiger partial charge in [-0.2, -0.15) is 14.4 Å². The van der Waals surface area contributed by atoms with Crippen molar-refractivity contribution in [2.45, 2.75) is 11.8 Å². The van der Waals surface area contributed by atoms with Gasteiger partial charge in [0.2, 0.25) is 20.9 Å². The highest BCUT2D eigenvalue weighted by Gasteiger charge is 2.25. The Labute approximate surface area is 255 Å². The SMILES string of the molecule is C=CCN(CC=C)S(=O)(=O)c1ccc(C(=O)N(/N=C/c2cc(OC)c(OC)c(OC)c2)c2nc3ccc(C)cc3s2)cc1. The molecule has 0 fully saturated rings. The number of thiazole rings is 1. The molecule has 0 spiro atoms. The van der Waals surface area contributed by atoms with Gasteiger partial charge in [0.1, 0.15) is 0 Å². The molecular formula is C31H32N4O6S2. The molecule has 0 bridgehead atoms. The second kappa shape index (κ2) is 13.6. The number of aromatic nitrogens is 1. The van der Waals surface area contributed by atoms with E-state index in [1.54, 1.807) is 12.1 Å². The lowest BCUT2D eigenvalue weighted by atomic mass is 10.2. The average molecular weight is 621 g/mol. The summed E-state index contributed by atoms with van der Waals surface area (Å²) >= 11 is 1.31. The Morgan fingerprint density at radius 2 is 1.58 bits per heavy atom. The molecule has 0 radical (unpaired) electrons. The van der Waals surface area contributed by atoms with Crippen molar-refractivity contribution in [2.75, 3.05) is 39.4 Å². The van der Waals surface area contributed by atoms with Gasteiger partial charge in [0.05, 0.1) is 42.7 Å². The van der Waals surface area contributed by atoms with Crippen LogP contribution in [0.2, 0.25) is 0 Å². The fraction of sp³-hybridized carbons (Fsp3) is 0.194. The maximum absolute atomic E-state index is 13.9. The van der Waals surface area contributed by atoms with Crippen LogP contribution in [0.4, 0.5) is 5.13 Å². The zero-order chi connectivity index (χ0) is 31.1. The fourth-order valence-electron chi connectivity index (χ4n) is 4.20. The van der Waals surface area contributed by atoms with Gasteiger partial charge in [0.25, 0.3) is 5.91 Å². The highest BCUT2D eigenvalue weighted by molar-refractivity contribution is 7.89. The molecule has 3 aromatic carbocycles. The first-order chi connectivity index (χ1) is 20.7. The Kier molecular flexibility index (Phi) is 9.96. The van der Waals surface area contributed by atoms with E-state index in [0.717, 1.165) is 15.8 Å². The lowest BCUT2D eigenvalue weighted by Gasteiger charge is -2.19. The second-order valence-electron chi connectivity index (χ2n) is 9.21. The Hall–Kier alpha value is -4.52. The third-order valence-corrected chi connectivity index (χ3v) is 9.16. The van der Waals surface area contributed by atoms with Gasteiger partial charge in [-0.25, -0.2) is 13.4 Å². The van der Waals surface area contributed by atoms with Gasteiger partial charge in [0.15, 0.2) is 11.5 Å². The lowest BCUT2D eigenvalue weighted by Crippen LogP contribution is -2.31. The molecule has 0 aliphatic heterocycles. The number of anilines is 1. The zero-order valence-corrected chi connectivity index (χ0v) is 25.9. The summed E-state index contributed by atoms with van der Waals surface area (Å²) in [7, 11) is 0.693. The largest absolute Gasteiger partial charge is 0.493 e. The van der Waals surface area contributed by atoms with E-state index in [1.165, 1.54) is 84.6 Å². The van der Waals surface area contributed by atoms with E-state index in [2.05, 4.69) is 23.2 Å². The summed E-state index contributed by atoms with van der Waals surface area (Å²) in [5, 5.41) is 6.05. The first-order valence-electron chi connectivity index (χ1n) is 13.0. The number of hydrogen-bond acceptors (Lipinski definition) is 9. The van der Waals surface area contributed by atoms with Crippen LogP contribution in [0.3, 0.4) is 0 Å². The Morgan fingerprint density at radius 3 is 2.14 bits per heavy atom. The summed E-state index contributed by atoms with van der Waals surface area (Å²) in [4.78, 5) is 18.6. The van der Waals surface area contributed by atoms with Gasteiger partial charge in [-0.15, -0.1) is 13.2 Å². The number of nitrogens with zero attached hydrogens (tertiary/aromatic N) is 4. The van der Waals surface area contributed by atoms with Crippen molar-refractivity contribution in [1.29, 1.82) is 0 Å². The van der Waals surface area contributed by atoms with Crippen LogP contribution in [-0.2, 0) is 10.0 Å². The molecule has 224 valence electrons. The normalized spacial score (nSPS) is 11.6. The Morgan fingerprint density at radius 1 is 0.953 bits per heavy atom. The molecule has 12 heteroatoms. The first-order valence-corrected chi connectivity index (χ1v) is 15.3. The second-order valence-corrected chi connectivity index (χ2v) is 12.2. The molecule has 1 amide bonds. The van der Waals surface area contributed by atoms with Crippen LogP contribution in [0.15, 0.2) is 89.9 Å². The summed E-state index contributed by atoms with van der Waals surface area (Å²) in [5.74, 6) is 0.773. The van der Waals surface area contributed by atoms with Crippen molar-refractivity contribution in [1.82, 2.24) is 9.29 Å². The fourth-order valence-corrected chi connectivity index (χ4v) is 6.60. The molecule has 0 N–H and O–H groups in total. The molecule has 1 aromatic heterocycles. The van der Waals surface area contributed by atoms with Crippen LogP contribution in [-0.4, -0.2) is 64.2 Å². The van der Waals surface area contributed by atoms with Crippen molar-refractivity contribution in [2.24, 2.45) is 5.10 Å². The highest BCUT2D eigenvalue weighted by Crippen LogP contribution is 2.38. The topological polar surface area (TPSA) is 111 Å². The minimum atomic E-state index is -3.83. The van der Waals surface area contributed by atoms with Crippen molar-refractivity contribution in [3.63, 3.8) is 0 Å². The minimum Gasteiger partial charge on any atom is -0.493 e. The summed E-state index contributed by atoms with van der Waals surface area (Å²) in [6.45, 7) is 9.49. The lowest BCUT2D eigenvalue weighted by molar-refractivity contribution is 0.0987. The number of aryl methyl sites for hydroxylation is 1. The molecule has 0 saturated heterocycles. The van der Waals surface area contributed by atoms with Crippen molar-refractivity contribution in [3.8, 4) is 17.2 Å². The monoisotopic (exact) mass is 620 g/mol. The van der Waals surface area contributed by atoms with Gasteiger partial charge in [-0.05, 0) is 61.0 Å². The summed E-state index contributed by atoms with van der Waals surface area (Å²) in [5.41, 5.74) is 2.57. The molecule has 0 atom stereocenters. The number of benzene rings is 3. The van der Waals surface area contributed by atoms with Gasteiger partial charge >= 0.3 is 0 Å². The van der Waals surface area contributed by atoms with E-state index in [-0.39, 0.29) is 23.5 Å². The molecular weight excluding hydrogens is 588 g/mol. The Bertz CT molecular complexity index is 1750. The number of carbonyl (C=O) groups excluding carboxylic acids is 1. The number of hydrogen-bond donors (Lipinski definition) is 0. The van der Waals surface area contributed by atoms with Crippen molar-refractivity contribution in [3.05, 3.63) is 96.6 Å². The number of hydrazone groups is 1. The zero-order valence-electron chi connectivity index (χ0n) is 24.3. The van der Waals surface area contributed by atoms with Crippen LogP contribution >= 0.6 is 11.3 Å². The predicted octanol–water partition coefficient (Wildman–Crippen LogP) is 5.67. The van der Waals surface area contributed by atoms with E-state index in [4.69, 9.17) is 14.2 Å². The minimum absolute atomic E-state index is 0.0377. The van der Waals surface area contributed by atoms with E-state index in [1.807, 2.05) is 25.1 Å². The molecule has 0 aliphatic rings. The number of methoxy groups -OCH3 is 3. The maximum atomic E-state index is 13.9. The quantitative estimate of drug-likeness (QED) is 0.108. The smallest absolute Gasteiger partial charge is 0.280 e. The van der Waals surface area contributed by atoms with Crippen molar-refractivity contribution < 1.29 is 27.4 Å². The van der Waals surface area contributed by atoms with E-state index in [9.17, 15) is 13.2 Å². The molecule has 0 saturated carbocycles. The predicted molar refractivity (Wildman–Crippen MR) is 170 cm³/mol. The molecule has 43 heavy (non-hydrogen) atoms. The number of rotatable bonds is 13. The van der Waals surface area contributed by atoms with Crippen LogP contribution in [0.5, 0.6) is 17.2 Å². The van der Waals surface area contributed by atoms with Crippen LogP contribution < -0.4 is 19.2 Å². The highest BCUT2D eigenvalue weighted by atomic mass is 32.2. The molecule has 10 nitrogen and oxygen atoms in total. The molecule has 4 aromatic rings. The van der Waals surface area contributed by atoms with Crippen LogP contribution in [0, 0.1) is 6.92 Å². The average Bonchev–Trinajstić information content (AvgIpc) is 3.43. The van der Waals surface area contributed by atoms with Gasteiger partial charge in [-0.3, -0.25) is 4.79 Å².